The fourth-order valence-corrected chi connectivity index (χ4v) is 2.46. The molecule has 3 nitrogen and oxygen atoms in total. The van der Waals surface area contributed by atoms with Crippen molar-refractivity contribution >= 4 is 11.6 Å². The maximum atomic E-state index is 5.72. The summed E-state index contributed by atoms with van der Waals surface area (Å²) in [5.74, 6) is 0. The summed E-state index contributed by atoms with van der Waals surface area (Å²) < 4.78 is 0. The van der Waals surface area contributed by atoms with Crippen molar-refractivity contribution in [2.45, 2.75) is 45.2 Å². The molecule has 2 heterocycles. The summed E-state index contributed by atoms with van der Waals surface area (Å²) in [6.07, 6.45) is 8.61. The van der Waals surface area contributed by atoms with Crippen LogP contribution in [0.25, 0.3) is 0 Å². The lowest BCUT2D eigenvalue weighted by atomic mass is 10.00. The molecule has 0 saturated carbocycles. The maximum absolute atomic E-state index is 5.72. The number of nitrogens with zero attached hydrogens (tertiary/aromatic N) is 3. The third-order valence-corrected chi connectivity index (χ3v) is 3.45. The minimum Gasteiger partial charge on any atom is -0.295 e. The van der Waals surface area contributed by atoms with E-state index in [-0.39, 0.29) is 0 Å². The summed E-state index contributed by atoms with van der Waals surface area (Å²) in [6.45, 7) is 4.35. The minimum atomic E-state index is 0.467. The molecule has 0 aromatic carbocycles. The van der Waals surface area contributed by atoms with Gasteiger partial charge in [-0.15, -0.1) is 0 Å². The Labute approximate surface area is 102 Å². The van der Waals surface area contributed by atoms with Gasteiger partial charge < -0.3 is 0 Å². The van der Waals surface area contributed by atoms with Crippen LogP contribution < -0.4 is 0 Å². The van der Waals surface area contributed by atoms with Gasteiger partial charge in [0, 0.05) is 12.6 Å². The summed E-state index contributed by atoms with van der Waals surface area (Å²) in [7, 11) is 0. The highest BCUT2D eigenvalue weighted by Gasteiger charge is 2.20. The number of aromatic nitrogens is 2. The largest absolute Gasteiger partial charge is 0.295 e. The summed E-state index contributed by atoms with van der Waals surface area (Å²) in [6, 6.07) is 0.714. The van der Waals surface area contributed by atoms with E-state index in [2.05, 4.69) is 21.8 Å². The maximum Gasteiger partial charge on any atom is 0.147 e. The molecule has 1 unspecified atom stereocenters. The van der Waals surface area contributed by atoms with Crippen molar-refractivity contribution in [3.05, 3.63) is 23.2 Å². The molecule has 1 saturated heterocycles. The zero-order valence-electron chi connectivity index (χ0n) is 9.69. The first-order chi connectivity index (χ1) is 7.79. The van der Waals surface area contributed by atoms with Crippen LogP contribution >= 0.6 is 11.6 Å². The fraction of sp³-hybridized carbons (Fsp3) is 0.667. The number of hydrogen-bond acceptors (Lipinski definition) is 3. The van der Waals surface area contributed by atoms with E-state index >= 15 is 0 Å². The van der Waals surface area contributed by atoms with Gasteiger partial charge in [-0.3, -0.25) is 9.88 Å². The molecule has 4 heteroatoms. The third-order valence-electron chi connectivity index (χ3n) is 3.26. The Bertz CT molecular complexity index is 326. The molecule has 16 heavy (non-hydrogen) atoms. The van der Waals surface area contributed by atoms with E-state index < -0.39 is 0 Å². The second kappa shape index (κ2) is 5.60. The van der Waals surface area contributed by atoms with E-state index in [0.29, 0.717) is 11.2 Å². The number of hydrogen-bond donors (Lipinski definition) is 0. The second-order valence-electron chi connectivity index (χ2n) is 4.36. The fourth-order valence-electron chi connectivity index (χ4n) is 2.36. The lowest BCUT2D eigenvalue weighted by molar-refractivity contribution is 0.134. The molecule has 1 aliphatic heterocycles. The lowest BCUT2D eigenvalue weighted by Crippen LogP contribution is -2.38. The van der Waals surface area contributed by atoms with Crippen LogP contribution in [0.5, 0.6) is 0 Å². The van der Waals surface area contributed by atoms with Crippen LogP contribution in [0.1, 0.15) is 38.3 Å². The van der Waals surface area contributed by atoms with Crippen molar-refractivity contribution in [3.8, 4) is 0 Å². The van der Waals surface area contributed by atoms with Gasteiger partial charge in [-0.25, -0.2) is 4.98 Å². The van der Waals surface area contributed by atoms with Crippen LogP contribution in [-0.4, -0.2) is 27.5 Å². The van der Waals surface area contributed by atoms with Crippen molar-refractivity contribution in [1.29, 1.82) is 0 Å². The first-order valence-corrected chi connectivity index (χ1v) is 6.38. The molecular weight excluding hydrogens is 222 g/mol. The molecule has 2 rings (SSSR count). The summed E-state index contributed by atoms with van der Waals surface area (Å²) in [5, 5.41) is 0.467. The first-order valence-electron chi connectivity index (χ1n) is 6.00. The second-order valence-corrected chi connectivity index (χ2v) is 4.75. The van der Waals surface area contributed by atoms with E-state index in [1.807, 2.05) is 0 Å². The Kier molecular flexibility index (Phi) is 4.13. The van der Waals surface area contributed by atoms with Crippen LogP contribution in [0, 0.1) is 0 Å². The average molecular weight is 240 g/mol. The van der Waals surface area contributed by atoms with E-state index in [1.165, 1.54) is 32.2 Å². The van der Waals surface area contributed by atoms with E-state index in [0.717, 1.165) is 12.2 Å². The van der Waals surface area contributed by atoms with Crippen molar-refractivity contribution < 1.29 is 0 Å². The zero-order valence-corrected chi connectivity index (χ0v) is 10.5. The average Bonchev–Trinajstić information content (AvgIpc) is 2.33. The van der Waals surface area contributed by atoms with Gasteiger partial charge in [0.05, 0.1) is 18.1 Å². The van der Waals surface area contributed by atoms with Crippen LogP contribution in [0.3, 0.4) is 0 Å². The zero-order chi connectivity index (χ0) is 11.4. The Balaban J connectivity index is 1.99. The molecule has 0 aliphatic carbocycles. The predicted molar refractivity (Wildman–Crippen MR) is 65.4 cm³/mol. The van der Waals surface area contributed by atoms with Gasteiger partial charge >= 0.3 is 0 Å². The molecule has 1 aromatic heterocycles. The highest BCUT2D eigenvalue weighted by molar-refractivity contribution is 6.29. The van der Waals surface area contributed by atoms with Crippen LogP contribution in [0.4, 0.5) is 0 Å². The Hall–Kier alpha value is -0.670. The summed E-state index contributed by atoms with van der Waals surface area (Å²) in [4.78, 5) is 10.9. The molecule has 0 N–H and O–H groups in total. The Morgan fingerprint density at radius 1 is 1.38 bits per heavy atom. The molecule has 1 atom stereocenters. The van der Waals surface area contributed by atoms with Gasteiger partial charge in [0.15, 0.2) is 0 Å². The van der Waals surface area contributed by atoms with Crippen LogP contribution in [0.15, 0.2) is 12.4 Å². The highest BCUT2D eigenvalue weighted by Crippen LogP contribution is 2.21. The predicted octanol–water partition coefficient (Wildman–Crippen LogP) is 2.89. The van der Waals surface area contributed by atoms with Gasteiger partial charge in [0.25, 0.3) is 0 Å². The molecule has 0 spiro atoms. The van der Waals surface area contributed by atoms with Crippen molar-refractivity contribution in [2.75, 3.05) is 6.54 Å². The standard InChI is InChI=1S/C12H18ClN3/c1-2-11-5-3-4-6-16(11)9-10-7-15-12(13)8-14-10/h7-8,11H,2-6,9H2,1H3. The van der Waals surface area contributed by atoms with E-state index in [1.54, 1.807) is 12.4 Å². The Morgan fingerprint density at radius 3 is 2.94 bits per heavy atom. The molecular formula is C12H18ClN3. The van der Waals surface area contributed by atoms with Gasteiger partial charge in [-0.2, -0.15) is 0 Å². The molecule has 0 radical (unpaired) electrons. The number of likely N-dealkylation sites (tertiary alicyclic amines) is 1. The normalized spacial score (nSPS) is 22.2. The smallest absolute Gasteiger partial charge is 0.147 e. The van der Waals surface area contributed by atoms with Crippen LogP contribution in [-0.2, 0) is 6.54 Å². The molecule has 0 bridgehead atoms. The van der Waals surface area contributed by atoms with E-state index in [4.69, 9.17) is 11.6 Å². The molecule has 1 aliphatic rings. The minimum absolute atomic E-state index is 0.467. The monoisotopic (exact) mass is 239 g/mol. The topological polar surface area (TPSA) is 29.0 Å². The lowest BCUT2D eigenvalue weighted by Gasteiger charge is -2.34. The number of halogens is 1. The Morgan fingerprint density at radius 2 is 2.25 bits per heavy atom. The van der Waals surface area contributed by atoms with Gasteiger partial charge in [0.1, 0.15) is 5.15 Å². The van der Waals surface area contributed by atoms with Crippen LogP contribution in [0.2, 0.25) is 5.15 Å². The number of rotatable bonds is 3. The third kappa shape index (κ3) is 2.92. The van der Waals surface area contributed by atoms with Crippen molar-refractivity contribution in [1.82, 2.24) is 14.9 Å². The first kappa shape index (κ1) is 11.8. The molecule has 0 amide bonds. The number of piperidine rings is 1. The SMILES string of the molecule is CCC1CCCCN1Cc1cnc(Cl)cn1. The van der Waals surface area contributed by atoms with Gasteiger partial charge in [-0.05, 0) is 25.8 Å². The molecule has 1 aromatic rings. The van der Waals surface area contributed by atoms with E-state index in [9.17, 15) is 0 Å². The highest BCUT2D eigenvalue weighted by atomic mass is 35.5. The summed E-state index contributed by atoms with van der Waals surface area (Å²) in [5.41, 5.74) is 1.02. The van der Waals surface area contributed by atoms with Crippen molar-refractivity contribution in [2.24, 2.45) is 0 Å². The van der Waals surface area contributed by atoms with Gasteiger partial charge in [0.2, 0.25) is 0 Å². The molecule has 88 valence electrons. The summed E-state index contributed by atoms with van der Waals surface area (Å²) >= 11 is 5.72. The quantitative estimate of drug-likeness (QED) is 0.812. The van der Waals surface area contributed by atoms with Crippen molar-refractivity contribution in [3.63, 3.8) is 0 Å². The van der Waals surface area contributed by atoms with Gasteiger partial charge in [-0.1, -0.05) is 24.9 Å². The molecule has 1 fully saturated rings.